The molecule has 3 heterocycles. The van der Waals surface area contributed by atoms with Crippen molar-refractivity contribution in [1.82, 2.24) is 9.88 Å². The SMILES string of the molecule is O/N=C(\C1CCCCC1)C(CCN1CC=C(c2ccc(F)c3ccoc23)CC1)c1ccccn1. The van der Waals surface area contributed by atoms with Gasteiger partial charge in [-0.25, -0.2) is 4.39 Å². The van der Waals surface area contributed by atoms with E-state index in [9.17, 15) is 9.60 Å². The predicted molar refractivity (Wildman–Crippen MR) is 133 cm³/mol. The van der Waals surface area contributed by atoms with Crippen LogP contribution < -0.4 is 0 Å². The number of rotatable bonds is 7. The van der Waals surface area contributed by atoms with Crippen LogP contribution in [-0.2, 0) is 0 Å². The van der Waals surface area contributed by atoms with Gasteiger partial charge in [0.25, 0.3) is 0 Å². The van der Waals surface area contributed by atoms with Crippen LogP contribution in [-0.4, -0.2) is 40.4 Å². The highest BCUT2D eigenvalue weighted by atomic mass is 19.1. The highest BCUT2D eigenvalue weighted by molar-refractivity contribution is 5.92. The van der Waals surface area contributed by atoms with Gasteiger partial charge in [0.1, 0.15) is 11.4 Å². The molecule has 5 nitrogen and oxygen atoms in total. The van der Waals surface area contributed by atoms with Crippen molar-refractivity contribution in [2.75, 3.05) is 19.6 Å². The Labute approximate surface area is 200 Å². The summed E-state index contributed by atoms with van der Waals surface area (Å²) in [6.45, 7) is 2.66. The molecule has 0 saturated heterocycles. The average molecular weight is 462 g/mol. The number of nitrogens with zero attached hydrogens (tertiary/aromatic N) is 3. The Hall–Kier alpha value is -2.99. The van der Waals surface area contributed by atoms with Gasteiger partial charge in [-0.1, -0.05) is 36.6 Å². The molecule has 1 unspecified atom stereocenters. The van der Waals surface area contributed by atoms with E-state index in [1.807, 2.05) is 24.4 Å². The molecule has 0 amide bonds. The van der Waals surface area contributed by atoms with Crippen LogP contribution in [0.15, 0.2) is 64.5 Å². The van der Waals surface area contributed by atoms with Crippen LogP contribution >= 0.6 is 0 Å². The van der Waals surface area contributed by atoms with E-state index in [1.165, 1.54) is 30.9 Å². The summed E-state index contributed by atoms with van der Waals surface area (Å²) in [6.07, 6.45) is 13.2. The number of aromatic nitrogens is 1. The van der Waals surface area contributed by atoms with Gasteiger partial charge >= 0.3 is 0 Å². The number of furan rings is 1. The minimum absolute atomic E-state index is 0.0273. The van der Waals surface area contributed by atoms with Crippen LogP contribution in [0.25, 0.3) is 16.5 Å². The molecule has 0 spiro atoms. The second kappa shape index (κ2) is 10.5. The highest BCUT2D eigenvalue weighted by Crippen LogP contribution is 2.34. The molecule has 34 heavy (non-hydrogen) atoms. The summed E-state index contributed by atoms with van der Waals surface area (Å²) < 4.78 is 19.6. The van der Waals surface area contributed by atoms with Crippen LogP contribution in [0.5, 0.6) is 0 Å². The van der Waals surface area contributed by atoms with E-state index < -0.39 is 0 Å². The van der Waals surface area contributed by atoms with Crippen molar-refractivity contribution in [1.29, 1.82) is 0 Å². The Balaban J connectivity index is 1.29. The lowest BCUT2D eigenvalue weighted by molar-refractivity contribution is 0.285. The lowest BCUT2D eigenvalue weighted by atomic mass is 9.78. The first-order chi connectivity index (χ1) is 16.7. The predicted octanol–water partition coefficient (Wildman–Crippen LogP) is 6.64. The smallest absolute Gasteiger partial charge is 0.144 e. The molecule has 1 N–H and O–H groups in total. The van der Waals surface area contributed by atoms with Crippen LogP contribution in [0.3, 0.4) is 0 Å². The number of hydrogen-bond acceptors (Lipinski definition) is 5. The number of oxime groups is 1. The van der Waals surface area contributed by atoms with E-state index in [1.54, 1.807) is 12.3 Å². The molecule has 3 aromatic rings. The first kappa shape index (κ1) is 22.8. The quantitative estimate of drug-likeness (QED) is 0.243. The maximum Gasteiger partial charge on any atom is 0.144 e. The fourth-order valence-corrected chi connectivity index (χ4v) is 5.61. The van der Waals surface area contributed by atoms with Gasteiger partial charge in [-0.15, -0.1) is 0 Å². The summed E-state index contributed by atoms with van der Waals surface area (Å²) in [6, 6.07) is 11.0. The molecule has 1 aromatic carbocycles. The fraction of sp³-hybridized carbons (Fsp3) is 0.429. The molecule has 5 rings (SSSR count). The van der Waals surface area contributed by atoms with E-state index in [0.29, 0.717) is 16.9 Å². The first-order valence-electron chi connectivity index (χ1n) is 12.4. The summed E-state index contributed by atoms with van der Waals surface area (Å²) in [5.41, 5.74) is 4.71. The van der Waals surface area contributed by atoms with Gasteiger partial charge in [-0.2, -0.15) is 0 Å². The molecular formula is C28H32FN3O2. The zero-order chi connectivity index (χ0) is 23.3. The summed E-state index contributed by atoms with van der Waals surface area (Å²) in [5.74, 6) is 0.123. The Bertz CT molecular complexity index is 1160. The number of benzene rings is 1. The van der Waals surface area contributed by atoms with Crippen LogP contribution in [0.4, 0.5) is 4.39 Å². The van der Waals surface area contributed by atoms with E-state index in [0.717, 1.165) is 62.3 Å². The molecule has 2 aliphatic rings. The highest BCUT2D eigenvalue weighted by Gasteiger charge is 2.29. The van der Waals surface area contributed by atoms with Gasteiger partial charge in [0.15, 0.2) is 0 Å². The van der Waals surface area contributed by atoms with E-state index >= 15 is 0 Å². The summed E-state index contributed by atoms with van der Waals surface area (Å²) in [7, 11) is 0. The molecule has 1 aliphatic heterocycles. The maximum atomic E-state index is 14.1. The van der Waals surface area contributed by atoms with Gasteiger partial charge in [-0.05, 0) is 68.1 Å². The second-order valence-corrected chi connectivity index (χ2v) is 9.49. The number of fused-ring (bicyclic) bond motifs is 1. The number of hydrogen-bond donors (Lipinski definition) is 1. The molecule has 1 atom stereocenters. The van der Waals surface area contributed by atoms with Crippen molar-refractivity contribution < 1.29 is 14.0 Å². The molecule has 2 aromatic heterocycles. The third-order valence-electron chi connectivity index (χ3n) is 7.48. The summed E-state index contributed by atoms with van der Waals surface area (Å²) in [4.78, 5) is 7.05. The molecule has 1 aliphatic carbocycles. The topological polar surface area (TPSA) is 61.9 Å². The molecule has 1 saturated carbocycles. The Morgan fingerprint density at radius 3 is 2.79 bits per heavy atom. The van der Waals surface area contributed by atoms with Gasteiger partial charge in [0.2, 0.25) is 0 Å². The largest absolute Gasteiger partial charge is 0.464 e. The fourth-order valence-electron chi connectivity index (χ4n) is 5.61. The Kier molecular flexibility index (Phi) is 7.05. The standard InChI is InChI=1S/C28H32FN3O2/c29-25-10-9-22(28-23(25)14-19-34-28)20-11-16-32(17-12-20)18-13-24(26-8-4-5-15-30-26)27(31-33)21-6-2-1-3-7-21/h4-5,8-11,14-15,19,21,24,33H,1-3,6-7,12-13,16-18H2/b31-27+. The third kappa shape index (κ3) is 4.78. The van der Waals surface area contributed by atoms with Crippen LogP contribution in [0, 0.1) is 11.7 Å². The zero-order valence-corrected chi connectivity index (χ0v) is 19.5. The van der Waals surface area contributed by atoms with Crippen molar-refractivity contribution in [3.63, 3.8) is 0 Å². The first-order valence-corrected chi connectivity index (χ1v) is 12.4. The van der Waals surface area contributed by atoms with Crippen molar-refractivity contribution in [3.05, 3.63) is 72.0 Å². The van der Waals surface area contributed by atoms with Crippen molar-refractivity contribution in [3.8, 4) is 0 Å². The molecule has 0 radical (unpaired) electrons. The zero-order valence-electron chi connectivity index (χ0n) is 19.5. The number of halogens is 1. The van der Waals surface area contributed by atoms with E-state index in [2.05, 4.69) is 27.2 Å². The van der Waals surface area contributed by atoms with Crippen molar-refractivity contribution >= 4 is 22.3 Å². The van der Waals surface area contributed by atoms with Crippen LogP contribution in [0.1, 0.15) is 62.1 Å². The average Bonchev–Trinajstić information content (AvgIpc) is 3.39. The lowest BCUT2D eigenvalue weighted by Crippen LogP contribution is -2.33. The molecule has 1 fully saturated rings. The maximum absolute atomic E-state index is 14.1. The Morgan fingerprint density at radius 1 is 1.18 bits per heavy atom. The molecule has 178 valence electrons. The molecular weight excluding hydrogens is 429 g/mol. The minimum Gasteiger partial charge on any atom is -0.464 e. The summed E-state index contributed by atoms with van der Waals surface area (Å²) in [5, 5.41) is 14.4. The lowest BCUT2D eigenvalue weighted by Gasteiger charge is -2.31. The van der Waals surface area contributed by atoms with Gasteiger partial charge < -0.3 is 9.62 Å². The third-order valence-corrected chi connectivity index (χ3v) is 7.48. The van der Waals surface area contributed by atoms with Crippen LogP contribution in [0.2, 0.25) is 0 Å². The van der Waals surface area contributed by atoms with E-state index in [4.69, 9.17) is 4.42 Å². The second-order valence-electron chi connectivity index (χ2n) is 9.49. The van der Waals surface area contributed by atoms with E-state index in [-0.39, 0.29) is 11.7 Å². The van der Waals surface area contributed by atoms with Gasteiger partial charge in [0.05, 0.1) is 17.4 Å². The Morgan fingerprint density at radius 2 is 2.06 bits per heavy atom. The molecule has 0 bridgehead atoms. The number of pyridine rings is 1. The van der Waals surface area contributed by atoms with Crippen molar-refractivity contribution in [2.24, 2.45) is 11.1 Å². The minimum atomic E-state index is -0.245. The molecule has 6 heteroatoms. The van der Waals surface area contributed by atoms with Gasteiger partial charge in [-0.3, -0.25) is 9.88 Å². The monoisotopic (exact) mass is 461 g/mol. The normalized spacial score (nSPS) is 19.3. The van der Waals surface area contributed by atoms with Gasteiger partial charge in [0, 0.05) is 42.4 Å². The summed E-state index contributed by atoms with van der Waals surface area (Å²) >= 11 is 0. The van der Waals surface area contributed by atoms with Crippen molar-refractivity contribution in [2.45, 2.75) is 50.9 Å².